The Balaban J connectivity index is 1.49. The molecule has 1 heterocycles. The summed E-state index contributed by atoms with van der Waals surface area (Å²) in [6, 6.07) is 15.2. The molecule has 1 saturated heterocycles. The van der Waals surface area contributed by atoms with Crippen LogP contribution in [0.1, 0.15) is 12.0 Å². The van der Waals surface area contributed by atoms with Crippen LogP contribution in [0.2, 0.25) is 0 Å². The average molecular weight is 423 g/mol. The molecule has 1 aliphatic rings. The SMILES string of the molecule is O=C(C[C@H]1S\C(=N/N=C\C=C\c2ccccc2)NC1=O)Nc1ccc([N+](=O)[O-])cc1. The molecule has 10 heteroatoms. The molecule has 0 saturated carbocycles. The van der Waals surface area contributed by atoms with Crippen molar-refractivity contribution in [3.8, 4) is 0 Å². The summed E-state index contributed by atoms with van der Waals surface area (Å²) in [5, 5.41) is 23.4. The van der Waals surface area contributed by atoms with E-state index in [9.17, 15) is 19.7 Å². The molecule has 2 aromatic rings. The maximum absolute atomic E-state index is 12.2. The number of allylic oxidation sites excluding steroid dienone is 1. The van der Waals surface area contributed by atoms with E-state index < -0.39 is 10.2 Å². The number of benzene rings is 2. The van der Waals surface area contributed by atoms with Gasteiger partial charge in [0.05, 0.1) is 4.92 Å². The zero-order valence-corrected chi connectivity index (χ0v) is 16.4. The molecule has 3 rings (SSSR count). The van der Waals surface area contributed by atoms with Gasteiger partial charge in [-0.1, -0.05) is 48.2 Å². The van der Waals surface area contributed by atoms with Crippen LogP contribution in [0.3, 0.4) is 0 Å². The molecule has 0 spiro atoms. The number of anilines is 1. The van der Waals surface area contributed by atoms with Gasteiger partial charge in [0.15, 0.2) is 5.17 Å². The third-order valence-corrected chi connectivity index (χ3v) is 4.97. The maximum atomic E-state index is 12.2. The standard InChI is InChI=1S/C20H17N5O4S/c26-18(22-15-8-10-16(11-9-15)25(28)29)13-17-19(27)23-20(30-17)24-21-12-4-7-14-5-2-1-3-6-14/h1-12,17H,13H2,(H,22,26)(H,23,24,27)/b7-4+,21-12-/t17-/m1/s1. The lowest BCUT2D eigenvalue weighted by atomic mass is 10.2. The molecular weight excluding hydrogens is 406 g/mol. The molecule has 152 valence electrons. The summed E-state index contributed by atoms with van der Waals surface area (Å²) >= 11 is 1.12. The monoisotopic (exact) mass is 423 g/mol. The zero-order valence-electron chi connectivity index (χ0n) is 15.6. The Bertz CT molecular complexity index is 1020. The maximum Gasteiger partial charge on any atom is 0.269 e. The lowest BCUT2D eigenvalue weighted by Gasteiger charge is -2.07. The van der Waals surface area contributed by atoms with Crippen molar-refractivity contribution >= 4 is 52.4 Å². The molecular formula is C20H17N5O4S. The fourth-order valence-electron chi connectivity index (χ4n) is 2.48. The van der Waals surface area contributed by atoms with E-state index >= 15 is 0 Å². The number of nitrogens with zero attached hydrogens (tertiary/aromatic N) is 3. The minimum absolute atomic E-state index is 0.0653. The molecule has 0 aliphatic carbocycles. The molecule has 0 unspecified atom stereocenters. The van der Waals surface area contributed by atoms with Crippen LogP contribution in [0.5, 0.6) is 0 Å². The fourth-order valence-corrected chi connectivity index (χ4v) is 3.40. The molecule has 0 bridgehead atoms. The Morgan fingerprint density at radius 2 is 1.93 bits per heavy atom. The predicted octanol–water partition coefficient (Wildman–Crippen LogP) is 3.21. The highest BCUT2D eigenvalue weighted by molar-refractivity contribution is 8.15. The molecule has 1 atom stereocenters. The number of nitrogens with one attached hydrogen (secondary N) is 2. The molecule has 1 fully saturated rings. The highest BCUT2D eigenvalue weighted by Crippen LogP contribution is 2.23. The molecule has 2 N–H and O–H groups in total. The number of amides is 2. The van der Waals surface area contributed by atoms with Gasteiger partial charge in [-0.05, 0) is 23.8 Å². The van der Waals surface area contributed by atoms with E-state index in [4.69, 9.17) is 0 Å². The van der Waals surface area contributed by atoms with E-state index in [2.05, 4.69) is 20.8 Å². The number of thioether (sulfide) groups is 1. The Hall–Kier alpha value is -3.79. The van der Waals surface area contributed by atoms with Gasteiger partial charge in [-0.2, -0.15) is 5.10 Å². The van der Waals surface area contributed by atoms with Gasteiger partial charge in [0, 0.05) is 30.5 Å². The number of nitro groups is 1. The number of amidine groups is 1. The minimum atomic E-state index is -0.628. The smallest absolute Gasteiger partial charge is 0.269 e. The summed E-state index contributed by atoms with van der Waals surface area (Å²) in [7, 11) is 0. The molecule has 0 radical (unpaired) electrons. The lowest BCUT2D eigenvalue weighted by molar-refractivity contribution is -0.384. The second-order valence-electron chi connectivity index (χ2n) is 6.09. The Labute approximate surface area is 176 Å². The third-order valence-electron chi connectivity index (χ3n) is 3.90. The van der Waals surface area contributed by atoms with E-state index in [1.165, 1.54) is 30.5 Å². The van der Waals surface area contributed by atoms with Crippen LogP contribution >= 0.6 is 11.8 Å². The van der Waals surface area contributed by atoms with Crippen molar-refractivity contribution in [3.05, 3.63) is 76.4 Å². The first-order chi connectivity index (χ1) is 14.5. The molecule has 2 aromatic carbocycles. The van der Waals surface area contributed by atoms with Gasteiger partial charge in [-0.3, -0.25) is 19.7 Å². The van der Waals surface area contributed by atoms with Crippen LogP contribution < -0.4 is 10.6 Å². The first kappa shape index (κ1) is 20.9. The van der Waals surface area contributed by atoms with Crippen molar-refractivity contribution in [2.75, 3.05) is 5.32 Å². The lowest BCUT2D eigenvalue weighted by Crippen LogP contribution is -2.28. The Kier molecular flexibility index (Phi) is 7.06. The van der Waals surface area contributed by atoms with Crippen molar-refractivity contribution in [1.82, 2.24) is 5.32 Å². The summed E-state index contributed by atoms with van der Waals surface area (Å²) in [6.07, 6.45) is 5.04. The minimum Gasteiger partial charge on any atom is -0.326 e. The average Bonchev–Trinajstić information content (AvgIpc) is 3.08. The van der Waals surface area contributed by atoms with Crippen molar-refractivity contribution in [2.24, 2.45) is 10.2 Å². The summed E-state index contributed by atoms with van der Waals surface area (Å²) in [5.41, 5.74) is 1.37. The van der Waals surface area contributed by atoms with Crippen LogP contribution in [0, 0.1) is 10.1 Å². The van der Waals surface area contributed by atoms with Gasteiger partial charge in [0.1, 0.15) is 5.25 Å². The van der Waals surface area contributed by atoms with E-state index in [1.54, 1.807) is 6.08 Å². The second kappa shape index (κ2) is 10.1. The number of nitro benzene ring substituents is 1. The van der Waals surface area contributed by atoms with Crippen LogP contribution in [-0.2, 0) is 9.59 Å². The van der Waals surface area contributed by atoms with E-state index in [0.717, 1.165) is 17.3 Å². The summed E-state index contributed by atoms with van der Waals surface area (Å²) in [5.74, 6) is -0.709. The van der Waals surface area contributed by atoms with Crippen LogP contribution in [0.4, 0.5) is 11.4 Å². The van der Waals surface area contributed by atoms with Crippen molar-refractivity contribution < 1.29 is 14.5 Å². The highest BCUT2D eigenvalue weighted by atomic mass is 32.2. The van der Waals surface area contributed by atoms with Gasteiger partial charge in [-0.25, -0.2) is 0 Å². The third kappa shape index (κ3) is 6.11. The summed E-state index contributed by atoms with van der Waals surface area (Å²) < 4.78 is 0. The van der Waals surface area contributed by atoms with Gasteiger partial charge in [0.2, 0.25) is 11.8 Å². The molecule has 1 aliphatic heterocycles. The number of carbonyl (C=O) groups excluding carboxylic acids is 2. The van der Waals surface area contributed by atoms with Crippen LogP contribution in [0.15, 0.2) is 70.9 Å². The zero-order chi connectivity index (χ0) is 21.3. The first-order valence-corrected chi connectivity index (χ1v) is 9.74. The van der Waals surface area contributed by atoms with E-state index in [1.807, 2.05) is 36.4 Å². The quantitative estimate of drug-likeness (QED) is 0.402. The Morgan fingerprint density at radius 1 is 1.20 bits per heavy atom. The number of rotatable bonds is 7. The van der Waals surface area contributed by atoms with Gasteiger partial charge in [-0.15, -0.1) is 5.10 Å². The number of carbonyl (C=O) groups is 2. The van der Waals surface area contributed by atoms with Crippen molar-refractivity contribution in [3.63, 3.8) is 0 Å². The molecule has 9 nitrogen and oxygen atoms in total. The first-order valence-electron chi connectivity index (χ1n) is 8.86. The normalized spacial score (nSPS) is 17.5. The predicted molar refractivity (Wildman–Crippen MR) is 117 cm³/mol. The number of hydrogen-bond donors (Lipinski definition) is 2. The molecule has 30 heavy (non-hydrogen) atoms. The topological polar surface area (TPSA) is 126 Å². The van der Waals surface area contributed by atoms with Crippen LogP contribution in [0.25, 0.3) is 6.08 Å². The van der Waals surface area contributed by atoms with Crippen molar-refractivity contribution in [1.29, 1.82) is 0 Å². The van der Waals surface area contributed by atoms with Crippen LogP contribution in [-0.4, -0.2) is 33.4 Å². The highest BCUT2D eigenvalue weighted by Gasteiger charge is 2.32. The Morgan fingerprint density at radius 3 is 2.63 bits per heavy atom. The summed E-state index contributed by atoms with van der Waals surface area (Å²) in [4.78, 5) is 34.3. The molecule has 2 amide bonds. The number of non-ortho nitro benzene ring substituents is 1. The number of hydrogen-bond acceptors (Lipinski definition) is 7. The fraction of sp³-hybridized carbons (Fsp3) is 0.100. The van der Waals surface area contributed by atoms with E-state index in [-0.39, 0.29) is 23.9 Å². The van der Waals surface area contributed by atoms with Crippen molar-refractivity contribution in [2.45, 2.75) is 11.7 Å². The summed E-state index contributed by atoms with van der Waals surface area (Å²) in [6.45, 7) is 0. The second-order valence-corrected chi connectivity index (χ2v) is 7.28. The molecule has 0 aromatic heterocycles. The van der Waals surface area contributed by atoms with E-state index in [0.29, 0.717) is 10.9 Å². The largest absolute Gasteiger partial charge is 0.326 e. The van der Waals surface area contributed by atoms with Gasteiger partial charge in [0.25, 0.3) is 5.69 Å². The van der Waals surface area contributed by atoms with Gasteiger partial charge >= 0.3 is 0 Å². The van der Waals surface area contributed by atoms with Gasteiger partial charge < -0.3 is 10.6 Å².